The van der Waals surface area contributed by atoms with E-state index in [1.165, 1.54) is 6.20 Å². The molecule has 0 aromatic carbocycles. The topological polar surface area (TPSA) is 85.4 Å². The van der Waals surface area contributed by atoms with Gasteiger partial charge in [0.15, 0.2) is 0 Å². The van der Waals surface area contributed by atoms with Crippen LogP contribution in [0.3, 0.4) is 0 Å². The van der Waals surface area contributed by atoms with Gasteiger partial charge in [-0.3, -0.25) is 4.79 Å². The Hall–Kier alpha value is -0.980. The third kappa shape index (κ3) is 4.36. The third-order valence-electron chi connectivity index (χ3n) is 2.11. The number of nitrogens with zero attached hydrogens (tertiary/aromatic N) is 1. The summed E-state index contributed by atoms with van der Waals surface area (Å²) in [5, 5.41) is 9.97. The highest BCUT2D eigenvalue weighted by atomic mass is 79.9. The molecule has 0 amide bonds. The summed E-state index contributed by atoms with van der Waals surface area (Å²) in [6, 6.07) is 2.18. The van der Waals surface area contributed by atoms with Crippen LogP contribution in [0.15, 0.2) is 22.9 Å². The van der Waals surface area contributed by atoms with Gasteiger partial charge in [0.25, 0.3) is 0 Å². The Balaban J connectivity index is 2.74. The van der Waals surface area contributed by atoms with Crippen LogP contribution in [0.5, 0.6) is 0 Å². The smallest absolute Gasteiger partial charge is 0.326 e. The van der Waals surface area contributed by atoms with Crippen molar-refractivity contribution < 1.29 is 14.6 Å². The van der Waals surface area contributed by atoms with Crippen molar-refractivity contribution in [1.29, 1.82) is 0 Å². The van der Waals surface area contributed by atoms with Crippen molar-refractivity contribution in [2.45, 2.75) is 38.5 Å². The number of esters is 1. The molecule has 0 aliphatic carbocycles. The summed E-state index contributed by atoms with van der Waals surface area (Å²) in [6.45, 7) is 5.22. The predicted octanol–water partition coefficient (Wildman–Crippen LogP) is 1.55. The Kier molecular flexibility index (Phi) is 4.84. The summed E-state index contributed by atoms with van der Waals surface area (Å²) in [7, 11) is 0. The number of aliphatic hydroxyl groups excluding tert-OH is 1. The van der Waals surface area contributed by atoms with Gasteiger partial charge in [-0.15, -0.1) is 0 Å². The fourth-order valence-corrected chi connectivity index (χ4v) is 1.50. The maximum absolute atomic E-state index is 11.7. The van der Waals surface area contributed by atoms with Crippen LogP contribution >= 0.6 is 15.9 Å². The molecule has 100 valence electrons. The normalized spacial score (nSPS) is 15.0. The van der Waals surface area contributed by atoms with Crippen molar-refractivity contribution in [1.82, 2.24) is 4.98 Å². The summed E-state index contributed by atoms with van der Waals surface area (Å²) in [5.41, 5.74) is 5.51. The number of hydrogen-bond donors (Lipinski definition) is 2. The lowest BCUT2D eigenvalue weighted by Gasteiger charge is -2.24. The Labute approximate surface area is 114 Å². The number of hydrogen-bond acceptors (Lipinski definition) is 5. The number of halogens is 1. The summed E-state index contributed by atoms with van der Waals surface area (Å²) in [4.78, 5) is 15.7. The fraction of sp³-hybridized carbons (Fsp3) is 0.500. The second-order valence-corrected chi connectivity index (χ2v) is 5.73. The van der Waals surface area contributed by atoms with Crippen LogP contribution in [0.1, 0.15) is 32.4 Å². The van der Waals surface area contributed by atoms with Gasteiger partial charge in [0, 0.05) is 11.8 Å². The van der Waals surface area contributed by atoms with Gasteiger partial charge in [0.1, 0.15) is 22.4 Å². The largest absolute Gasteiger partial charge is 0.459 e. The summed E-state index contributed by atoms with van der Waals surface area (Å²) < 4.78 is 5.76. The zero-order chi connectivity index (χ0) is 13.9. The van der Waals surface area contributed by atoms with Gasteiger partial charge >= 0.3 is 5.97 Å². The van der Waals surface area contributed by atoms with Gasteiger partial charge in [-0.25, -0.2) is 4.98 Å². The van der Waals surface area contributed by atoms with E-state index < -0.39 is 23.7 Å². The fourth-order valence-electron chi connectivity index (χ4n) is 1.27. The molecule has 18 heavy (non-hydrogen) atoms. The molecule has 0 spiro atoms. The molecule has 2 unspecified atom stereocenters. The van der Waals surface area contributed by atoms with Crippen molar-refractivity contribution in [2.75, 3.05) is 0 Å². The monoisotopic (exact) mass is 316 g/mol. The van der Waals surface area contributed by atoms with E-state index in [0.717, 1.165) is 0 Å². The number of pyridine rings is 1. The van der Waals surface area contributed by atoms with E-state index in [2.05, 4.69) is 20.9 Å². The van der Waals surface area contributed by atoms with E-state index in [0.29, 0.717) is 10.2 Å². The highest BCUT2D eigenvalue weighted by molar-refractivity contribution is 9.10. The minimum atomic E-state index is -1.14. The van der Waals surface area contributed by atoms with Gasteiger partial charge in [-0.05, 0) is 42.8 Å². The number of carbonyl (C=O) groups is 1. The lowest BCUT2D eigenvalue weighted by Crippen LogP contribution is -2.41. The van der Waals surface area contributed by atoms with Gasteiger partial charge in [-0.2, -0.15) is 0 Å². The first kappa shape index (κ1) is 15.1. The molecular weight excluding hydrogens is 300 g/mol. The van der Waals surface area contributed by atoms with Crippen LogP contribution in [0.4, 0.5) is 0 Å². The molecule has 6 heteroatoms. The molecule has 0 aliphatic rings. The first-order valence-electron chi connectivity index (χ1n) is 5.48. The van der Waals surface area contributed by atoms with Crippen LogP contribution in [0, 0.1) is 0 Å². The van der Waals surface area contributed by atoms with E-state index in [9.17, 15) is 9.90 Å². The minimum absolute atomic E-state index is 0.469. The third-order valence-corrected chi connectivity index (χ3v) is 2.58. The van der Waals surface area contributed by atoms with Gasteiger partial charge in [0.2, 0.25) is 0 Å². The number of rotatable bonds is 3. The predicted molar refractivity (Wildman–Crippen MR) is 70.7 cm³/mol. The van der Waals surface area contributed by atoms with Crippen molar-refractivity contribution in [3.63, 3.8) is 0 Å². The zero-order valence-corrected chi connectivity index (χ0v) is 12.1. The highest BCUT2D eigenvalue weighted by Gasteiger charge is 2.29. The van der Waals surface area contributed by atoms with E-state index in [-0.39, 0.29) is 0 Å². The lowest BCUT2D eigenvalue weighted by molar-refractivity contribution is -0.159. The van der Waals surface area contributed by atoms with E-state index >= 15 is 0 Å². The van der Waals surface area contributed by atoms with Crippen LogP contribution in [0.2, 0.25) is 0 Å². The number of ether oxygens (including phenoxy) is 1. The molecule has 0 fully saturated rings. The van der Waals surface area contributed by atoms with Gasteiger partial charge < -0.3 is 15.6 Å². The Morgan fingerprint density at radius 3 is 2.56 bits per heavy atom. The molecule has 1 aromatic rings. The molecule has 1 rings (SSSR count). The highest BCUT2D eigenvalue weighted by Crippen LogP contribution is 2.19. The second kappa shape index (κ2) is 5.77. The van der Waals surface area contributed by atoms with Crippen molar-refractivity contribution in [3.8, 4) is 0 Å². The molecule has 0 radical (unpaired) electrons. The molecular formula is C12H17BrN2O3. The molecule has 5 nitrogen and oxygen atoms in total. The molecule has 0 bridgehead atoms. The van der Waals surface area contributed by atoms with Crippen LogP contribution in [0.25, 0.3) is 0 Å². The molecule has 0 saturated heterocycles. The molecule has 3 N–H and O–H groups in total. The van der Waals surface area contributed by atoms with Crippen LogP contribution in [-0.2, 0) is 9.53 Å². The summed E-state index contributed by atoms with van der Waals surface area (Å²) in [6.07, 6.45) is 0.319. The van der Waals surface area contributed by atoms with Crippen LogP contribution in [-0.4, -0.2) is 27.7 Å². The molecule has 1 heterocycles. The molecule has 0 aliphatic heterocycles. The standard InChI is InChI=1S/C12H17BrN2O3/c1-12(2,3)18-11(17)9(14)10(16)7-4-5-8(13)15-6-7/h4-6,9-10,16H,14H2,1-3H3. The minimum Gasteiger partial charge on any atom is -0.459 e. The lowest BCUT2D eigenvalue weighted by atomic mass is 10.0. The van der Waals surface area contributed by atoms with E-state index in [1.807, 2.05) is 0 Å². The number of aromatic nitrogens is 1. The maximum atomic E-state index is 11.7. The SMILES string of the molecule is CC(C)(C)OC(=O)C(N)C(O)c1ccc(Br)nc1. The molecule has 1 aromatic heterocycles. The van der Waals surface area contributed by atoms with Crippen molar-refractivity contribution in [3.05, 3.63) is 28.5 Å². The van der Waals surface area contributed by atoms with Gasteiger partial charge in [-0.1, -0.05) is 6.07 Å². The van der Waals surface area contributed by atoms with Crippen molar-refractivity contribution >= 4 is 21.9 Å². The number of carbonyl (C=O) groups excluding carboxylic acids is 1. The van der Waals surface area contributed by atoms with E-state index in [4.69, 9.17) is 10.5 Å². The summed E-state index contributed by atoms with van der Waals surface area (Å²) in [5.74, 6) is -0.641. The summed E-state index contributed by atoms with van der Waals surface area (Å²) >= 11 is 3.18. The Morgan fingerprint density at radius 2 is 2.11 bits per heavy atom. The Bertz CT molecular complexity index is 414. The molecule has 0 saturated carbocycles. The number of nitrogens with two attached hydrogens (primary N) is 1. The van der Waals surface area contributed by atoms with E-state index in [1.54, 1.807) is 32.9 Å². The quantitative estimate of drug-likeness (QED) is 0.652. The second-order valence-electron chi connectivity index (χ2n) is 4.92. The molecule has 2 atom stereocenters. The maximum Gasteiger partial charge on any atom is 0.326 e. The first-order chi connectivity index (χ1) is 8.20. The first-order valence-corrected chi connectivity index (χ1v) is 6.28. The van der Waals surface area contributed by atoms with Crippen molar-refractivity contribution in [2.24, 2.45) is 5.73 Å². The van der Waals surface area contributed by atoms with Crippen LogP contribution < -0.4 is 5.73 Å². The zero-order valence-electron chi connectivity index (χ0n) is 10.6. The van der Waals surface area contributed by atoms with Gasteiger partial charge in [0.05, 0.1) is 0 Å². The average molecular weight is 317 g/mol. The number of aliphatic hydroxyl groups is 1. The Morgan fingerprint density at radius 1 is 1.50 bits per heavy atom. The average Bonchev–Trinajstić information content (AvgIpc) is 2.26.